The van der Waals surface area contributed by atoms with Gasteiger partial charge in [0.2, 0.25) is 0 Å². The molecule has 0 N–H and O–H groups in total. The predicted molar refractivity (Wildman–Crippen MR) is 106 cm³/mol. The summed E-state index contributed by atoms with van der Waals surface area (Å²) in [6.07, 6.45) is 0.389. The van der Waals surface area contributed by atoms with Crippen LogP contribution in [0.4, 0.5) is 0 Å². The third-order valence-corrected chi connectivity index (χ3v) is 2.62. The van der Waals surface area contributed by atoms with Crippen LogP contribution in [-0.4, -0.2) is 52.1 Å². The Morgan fingerprint density at radius 2 is 0.760 bits per heavy atom. The number of rotatable bonds is 8. The summed E-state index contributed by atoms with van der Waals surface area (Å²) in [6.45, 7) is 23.4. The summed E-state index contributed by atoms with van der Waals surface area (Å²) in [5, 5.41) is 17.2. The molecule has 6 nitrogen and oxygen atoms in total. The maximum Gasteiger partial charge on any atom is 6.00 e. The van der Waals surface area contributed by atoms with E-state index in [4.69, 9.17) is 9.59 Å². The Morgan fingerprint density at radius 3 is 0.800 bits per heavy atom. The first-order valence-electron chi connectivity index (χ1n) is 8.20. The topological polar surface area (TPSA) is 90.5 Å². The van der Waals surface area contributed by atoms with Crippen LogP contribution >= 0.6 is 0 Å². The Morgan fingerprint density at radius 1 is 0.560 bits per heavy atom. The first-order valence-corrected chi connectivity index (χ1v) is 8.20. The molecule has 0 radical (unpaired) electrons. The van der Waals surface area contributed by atoms with E-state index in [1.807, 2.05) is 14.1 Å². The molecular weight excluding hydrogens is 405 g/mol. The smallest absolute Gasteiger partial charge is 0.680 e. The summed E-state index contributed by atoms with van der Waals surface area (Å²) in [4.78, 5) is 15.5. The first kappa shape index (κ1) is 35.8. The number of carbonyl (C=O) groups excluding carboxylic acids is 2. The van der Waals surface area contributed by atoms with E-state index in [2.05, 4.69) is 90.2 Å². The third-order valence-electron chi connectivity index (χ3n) is 2.62. The third kappa shape index (κ3) is 28.9. The molecule has 25 heavy (non-hydrogen) atoms. The zero-order valence-electron chi connectivity index (χ0n) is 17.6. The Balaban J connectivity index is -0.0000000858. The molecule has 150 valence electrons. The minimum atomic E-state index is 0. The minimum Gasteiger partial charge on any atom is -0.680 e. The Kier molecular flexibility index (Phi) is 37.3. The van der Waals surface area contributed by atoms with E-state index < -0.39 is 0 Å². The van der Waals surface area contributed by atoms with Crippen LogP contribution < -0.4 is 0 Å². The number of hydrogen-bond acceptors (Lipinski definition) is 2. The zero-order valence-corrected chi connectivity index (χ0v) is 19.3. The van der Waals surface area contributed by atoms with Crippen LogP contribution in [0.3, 0.4) is 0 Å². The van der Waals surface area contributed by atoms with E-state index in [0.29, 0.717) is 23.9 Å². The van der Waals surface area contributed by atoms with Crippen molar-refractivity contribution in [3.05, 3.63) is 21.3 Å². The van der Waals surface area contributed by atoms with Crippen LogP contribution in [0.15, 0.2) is 0 Å². The summed E-state index contributed by atoms with van der Waals surface area (Å²) in [5.41, 5.74) is 0. The van der Waals surface area contributed by atoms with Crippen LogP contribution in [0.5, 0.6) is 0 Å². The molecule has 0 aromatic rings. The molecule has 2 atom stereocenters. The molecule has 0 rings (SSSR count). The molecule has 7 heteroatoms. The van der Waals surface area contributed by atoms with Crippen LogP contribution in [0.2, 0.25) is 0 Å². The summed E-state index contributed by atoms with van der Waals surface area (Å²) in [6, 6.07) is 0.798. The van der Waals surface area contributed by atoms with Crippen molar-refractivity contribution in [2.24, 2.45) is 11.8 Å². The Hall–Kier alpha value is -0.197. The molecule has 0 fully saturated rings. The van der Waals surface area contributed by atoms with Gasteiger partial charge in [0.1, 0.15) is 0 Å². The second-order valence-electron chi connectivity index (χ2n) is 6.32. The fourth-order valence-electron chi connectivity index (χ4n) is 1.68. The standard InChI is InChI=1S/2C8H18N2.2CHO.Ru/c2*1-6(2)8(9-5)10-7(3)4;2*1-2;/h2*6-8H,1-5H3;2*1H;/q2*-2;2*-1;+6. The average Bonchev–Trinajstić information content (AvgIpc) is 2.53. The van der Waals surface area contributed by atoms with Gasteiger partial charge in [-0.3, -0.25) is 13.6 Å². The average molecular weight is 444 g/mol. The van der Waals surface area contributed by atoms with Crippen molar-refractivity contribution in [2.75, 3.05) is 14.1 Å². The number of hydrogen-bond donors (Lipinski definition) is 0. The van der Waals surface area contributed by atoms with Gasteiger partial charge in [-0.2, -0.15) is 14.1 Å². The summed E-state index contributed by atoms with van der Waals surface area (Å²) >= 11 is 0. The molecule has 0 amide bonds. The fourth-order valence-corrected chi connectivity index (χ4v) is 1.68. The van der Waals surface area contributed by atoms with Gasteiger partial charge in [-0.05, 0) is 0 Å². The van der Waals surface area contributed by atoms with E-state index >= 15 is 0 Å². The zero-order chi connectivity index (χ0) is 20.3. The SMILES string of the molecule is C[N-]C([N-]C(C)C)C(C)C.C[N-]C([N-]C(C)C)C(C)C.[CH-]=O.[CH-]=O.[Ru+6]. The molecule has 0 saturated carbocycles. The molecule has 0 spiro atoms. The fraction of sp³-hybridized carbons (Fsp3) is 0.889. The molecule has 0 saturated heterocycles. The molecule has 0 aromatic carbocycles. The van der Waals surface area contributed by atoms with Crippen molar-refractivity contribution in [2.45, 2.75) is 79.8 Å². The largest absolute Gasteiger partial charge is 6.00 e. The monoisotopic (exact) mass is 444 g/mol. The van der Waals surface area contributed by atoms with Crippen LogP contribution in [0, 0.1) is 11.8 Å². The van der Waals surface area contributed by atoms with Gasteiger partial charge in [0.05, 0.1) is 0 Å². The van der Waals surface area contributed by atoms with E-state index in [1.54, 1.807) is 0 Å². The van der Waals surface area contributed by atoms with Gasteiger partial charge >= 0.3 is 19.5 Å². The second kappa shape index (κ2) is 26.0. The van der Waals surface area contributed by atoms with Crippen molar-refractivity contribution >= 4 is 13.6 Å². The minimum absolute atomic E-state index is 0. The van der Waals surface area contributed by atoms with Crippen molar-refractivity contribution in [1.29, 1.82) is 0 Å². The van der Waals surface area contributed by atoms with Crippen molar-refractivity contribution in [1.82, 2.24) is 0 Å². The summed E-state index contributed by atoms with van der Waals surface area (Å²) in [7, 11) is 3.66. The van der Waals surface area contributed by atoms with Gasteiger partial charge in [-0.15, -0.1) is 12.1 Å². The quantitative estimate of drug-likeness (QED) is 0.301. The van der Waals surface area contributed by atoms with Gasteiger partial charge in [0, 0.05) is 0 Å². The van der Waals surface area contributed by atoms with Gasteiger partial charge in [0.15, 0.2) is 0 Å². The number of nitrogens with zero attached hydrogens (tertiary/aromatic N) is 4. The Labute approximate surface area is 169 Å². The molecule has 0 bridgehead atoms. The van der Waals surface area contributed by atoms with Crippen molar-refractivity contribution in [3.8, 4) is 0 Å². The maximum absolute atomic E-state index is 7.75. The molecule has 0 heterocycles. The van der Waals surface area contributed by atoms with Gasteiger partial charge in [0.25, 0.3) is 0 Å². The van der Waals surface area contributed by atoms with E-state index in [0.717, 1.165) is 0 Å². The van der Waals surface area contributed by atoms with E-state index in [9.17, 15) is 0 Å². The maximum atomic E-state index is 7.75. The van der Waals surface area contributed by atoms with Gasteiger partial charge < -0.3 is 30.9 Å². The molecule has 2 unspecified atom stereocenters. The van der Waals surface area contributed by atoms with Crippen LogP contribution in [-0.2, 0) is 29.1 Å². The summed E-state index contributed by atoms with van der Waals surface area (Å²) in [5.74, 6) is 1.07. The van der Waals surface area contributed by atoms with Crippen molar-refractivity contribution in [3.63, 3.8) is 0 Å². The van der Waals surface area contributed by atoms with E-state index in [-0.39, 0.29) is 31.8 Å². The Bertz CT molecular complexity index is 219. The van der Waals surface area contributed by atoms with Crippen molar-refractivity contribution < 1.29 is 29.1 Å². The molecular formula is C18H38N4O2Ru. The second-order valence-corrected chi connectivity index (χ2v) is 6.32. The van der Waals surface area contributed by atoms with Crippen LogP contribution in [0.25, 0.3) is 21.3 Å². The van der Waals surface area contributed by atoms with Gasteiger partial charge in [-0.1, -0.05) is 67.2 Å². The predicted octanol–water partition coefficient (Wildman–Crippen LogP) is 4.96. The van der Waals surface area contributed by atoms with Crippen LogP contribution in [0.1, 0.15) is 55.4 Å². The molecule has 0 aliphatic carbocycles. The molecule has 0 aromatic heterocycles. The van der Waals surface area contributed by atoms with E-state index in [1.165, 1.54) is 0 Å². The molecule has 0 aliphatic heterocycles. The first-order chi connectivity index (χ1) is 11.1. The molecule has 0 aliphatic rings. The van der Waals surface area contributed by atoms with Gasteiger partial charge in [-0.25, -0.2) is 12.3 Å². The summed E-state index contributed by atoms with van der Waals surface area (Å²) < 4.78 is 0. The normalized spacial score (nSPS) is 12.1.